The second-order valence-corrected chi connectivity index (χ2v) is 15.9. The molecule has 0 heterocycles. The highest BCUT2D eigenvalue weighted by molar-refractivity contribution is 8.34. The van der Waals surface area contributed by atoms with Crippen LogP contribution in [0.4, 0.5) is 17.1 Å². The van der Waals surface area contributed by atoms with E-state index in [1.54, 1.807) is 0 Å². The first kappa shape index (κ1) is 26.3. The van der Waals surface area contributed by atoms with Crippen molar-refractivity contribution in [2.75, 3.05) is 4.90 Å². The molecule has 0 saturated carbocycles. The largest absolute Gasteiger partial charge is 0.310 e. The molecule has 0 spiro atoms. The summed E-state index contributed by atoms with van der Waals surface area (Å²) in [6, 6.07) is 39.3. The van der Waals surface area contributed by atoms with Gasteiger partial charge in [0.05, 0.1) is 0 Å². The molecule has 1 unspecified atom stereocenters. The van der Waals surface area contributed by atoms with E-state index in [9.17, 15) is 4.57 Å². The first-order valence-electron chi connectivity index (χ1n) is 13.9. The molecule has 5 aromatic rings. The summed E-state index contributed by atoms with van der Waals surface area (Å²) in [6.07, 6.45) is 0. The van der Waals surface area contributed by atoms with E-state index in [4.69, 9.17) is 11.2 Å². The Morgan fingerprint density at radius 2 is 0.976 bits per heavy atom. The van der Waals surface area contributed by atoms with Gasteiger partial charge in [-0.2, -0.15) is 0 Å². The number of rotatable bonds is 4. The van der Waals surface area contributed by atoms with Gasteiger partial charge in [0.25, 0.3) is 0 Å². The Hall–Kier alpha value is -3.56. The Morgan fingerprint density at radius 3 is 1.44 bits per heavy atom. The van der Waals surface area contributed by atoms with E-state index in [-0.39, 0.29) is 10.8 Å². The third kappa shape index (κ3) is 3.96. The van der Waals surface area contributed by atoms with Gasteiger partial charge in [-0.15, -0.1) is 0 Å². The molecule has 5 heteroatoms. The normalized spacial score (nSPS) is 15.4. The molecule has 0 aromatic heterocycles. The molecule has 2 aliphatic rings. The van der Waals surface area contributed by atoms with Crippen molar-refractivity contribution in [1.82, 2.24) is 0 Å². The maximum Gasteiger partial charge on any atom is 0.197 e. The molecule has 1 atom stereocenters. The molecular formula is C36H30NOPS2. The van der Waals surface area contributed by atoms with Crippen molar-refractivity contribution in [3.63, 3.8) is 0 Å². The van der Waals surface area contributed by atoms with Gasteiger partial charge in [0.2, 0.25) is 0 Å². The summed E-state index contributed by atoms with van der Waals surface area (Å²) in [4.78, 5) is 2.32. The van der Waals surface area contributed by atoms with E-state index >= 15 is 0 Å². The molecule has 0 N–H and O–H groups in total. The Labute approximate surface area is 250 Å². The average Bonchev–Trinajstić information content (AvgIpc) is 3.37. The standard InChI is InChI=1S/C36H30NOPS2/c1-35(2)31-11-7-5-9-27(31)29-21-24(15-19-33(29)35)37(23-13-17-26(18-14-23)39(38)41-40)25-16-20-34-30(22-25)28-10-6-8-12-32(28)36(34,3)4/h5-22H,1-4H3. The lowest BCUT2D eigenvalue weighted by Crippen LogP contribution is -2.16. The molecule has 202 valence electrons. The van der Waals surface area contributed by atoms with Crippen LogP contribution in [-0.2, 0) is 36.1 Å². The molecule has 2 aliphatic carbocycles. The van der Waals surface area contributed by atoms with Crippen molar-refractivity contribution >= 4 is 49.6 Å². The fourth-order valence-corrected chi connectivity index (χ4v) is 8.78. The van der Waals surface area contributed by atoms with Crippen LogP contribution in [0.1, 0.15) is 49.9 Å². The molecule has 0 radical (unpaired) electrons. The second-order valence-electron chi connectivity index (χ2n) is 12.0. The van der Waals surface area contributed by atoms with Gasteiger partial charge in [-0.05, 0) is 114 Å². The summed E-state index contributed by atoms with van der Waals surface area (Å²) in [5, 5.41) is 0.762. The zero-order chi connectivity index (χ0) is 28.5. The number of hydrogen-bond acceptors (Lipinski definition) is 3. The highest BCUT2D eigenvalue weighted by Crippen LogP contribution is 2.52. The Kier molecular flexibility index (Phi) is 6.10. The summed E-state index contributed by atoms with van der Waals surface area (Å²) in [7, 11) is 0.977. The van der Waals surface area contributed by atoms with Gasteiger partial charge in [-0.25, -0.2) is 0 Å². The van der Waals surface area contributed by atoms with Crippen LogP contribution in [0.5, 0.6) is 0 Å². The quantitative estimate of drug-likeness (QED) is 0.195. The Bertz CT molecular complexity index is 1870. The maximum absolute atomic E-state index is 12.4. The minimum atomic E-state index is -1.64. The van der Waals surface area contributed by atoms with Crippen molar-refractivity contribution in [1.29, 1.82) is 0 Å². The van der Waals surface area contributed by atoms with E-state index in [1.807, 2.05) is 12.1 Å². The summed E-state index contributed by atoms with van der Waals surface area (Å²) in [5.74, 6) is 0. The zero-order valence-electron chi connectivity index (χ0n) is 23.5. The molecule has 5 aromatic carbocycles. The van der Waals surface area contributed by atoms with E-state index in [2.05, 4.69) is 130 Å². The van der Waals surface area contributed by atoms with Crippen molar-refractivity contribution in [3.05, 3.63) is 131 Å². The minimum absolute atomic E-state index is 0.0486. The van der Waals surface area contributed by atoms with E-state index in [1.165, 1.54) is 44.5 Å². The lowest BCUT2D eigenvalue weighted by molar-refractivity contribution is 0.602. The Morgan fingerprint density at radius 1 is 0.561 bits per heavy atom. The predicted molar refractivity (Wildman–Crippen MR) is 178 cm³/mol. The zero-order valence-corrected chi connectivity index (χ0v) is 26.0. The van der Waals surface area contributed by atoms with Gasteiger partial charge in [0.1, 0.15) is 0 Å². The fourth-order valence-electron chi connectivity index (χ4n) is 6.91. The van der Waals surface area contributed by atoms with Crippen molar-refractivity contribution in [3.8, 4) is 22.3 Å². The van der Waals surface area contributed by atoms with E-state index in [0.717, 1.165) is 31.9 Å². The van der Waals surface area contributed by atoms with Crippen molar-refractivity contribution in [2.45, 2.75) is 38.5 Å². The lowest BCUT2D eigenvalue weighted by atomic mass is 9.82. The highest BCUT2D eigenvalue weighted by Gasteiger charge is 2.37. The Balaban J connectivity index is 1.44. The van der Waals surface area contributed by atoms with Crippen LogP contribution in [0, 0.1) is 0 Å². The monoisotopic (exact) mass is 587 g/mol. The smallest absolute Gasteiger partial charge is 0.197 e. The SMILES string of the molecule is CC1(C)c2ccccc2-c2cc(N(c3ccc(P(=O)=S=S)cc3)c3ccc4c(c3)-c3ccccc3C4(C)C)ccc21. The minimum Gasteiger partial charge on any atom is -0.310 e. The van der Waals surface area contributed by atoms with Crippen LogP contribution in [0.2, 0.25) is 0 Å². The summed E-state index contributed by atoms with van der Waals surface area (Å²) in [5.41, 5.74) is 13.7. The summed E-state index contributed by atoms with van der Waals surface area (Å²) in [6.45, 7) is 7.61. The van der Waals surface area contributed by atoms with Crippen molar-refractivity contribution < 1.29 is 4.57 Å². The third-order valence-corrected chi connectivity index (χ3v) is 12.1. The number of fused-ring (bicyclic) bond motifs is 6. The molecule has 0 bridgehead atoms. The topological polar surface area (TPSA) is 20.3 Å². The first-order chi connectivity index (χ1) is 19.7. The second kappa shape index (κ2) is 9.49. The molecule has 41 heavy (non-hydrogen) atoms. The molecule has 0 amide bonds. The lowest BCUT2D eigenvalue weighted by Gasteiger charge is -2.28. The fraction of sp³-hybridized carbons (Fsp3) is 0.167. The van der Waals surface area contributed by atoms with E-state index in [0.29, 0.717) is 0 Å². The number of hydrogen-bond donors (Lipinski definition) is 0. The van der Waals surface area contributed by atoms with Gasteiger partial charge in [0.15, 0.2) is 6.58 Å². The molecule has 0 saturated heterocycles. The summed E-state index contributed by atoms with van der Waals surface area (Å²) >= 11 is 5.01. The van der Waals surface area contributed by atoms with Gasteiger partial charge in [-0.1, -0.05) is 88.4 Å². The van der Waals surface area contributed by atoms with Gasteiger partial charge in [0, 0.05) is 33.2 Å². The van der Waals surface area contributed by atoms with Gasteiger partial charge < -0.3 is 4.90 Å². The highest BCUT2D eigenvalue weighted by atomic mass is 32.9. The van der Waals surface area contributed by atoms with Crippen LogP contribution < -0.4 is 10.2 Å². The predicted octanol–water partition coefficient (Wildman–Crippen LogP) is 9.68. The van der Waals surface area contributed by atoms with Gasteiger partial charge in [-0.3, -0.25) is 4.57 Å². The molecule has 0 aliphatic heterocycles. The van der Waals surface area contributed by atoms with Crippen LogP contribution in [0.25, 0.3) is 22.3 Å². The molecular weight excluding hydrogens is 558 g/mol. The average molecular weight is 588 g/mol. The van der Waals surface area contributed by atoms with Crippen LogP contribution >= 0.6 is 6.58 Å². The third-order valence-electron chi connectivity index (χ3n) is 9.04. The number of nitrogens with zero attached hydrogens (tertiary/aromatic N) is 1. The molecule has 2 nitrogen and oxygen atoms in total. The van der Waals surface area contributed by atoms with Gasteiger partial charge >= 0.3 is 0 Å². The number of benzene rings is 5. The summed E-state index contributed by atoms with van der Waals surface area (Å²) < 4.78 is 12.4. The van der Waals surface area contributed by atoms with Crippen LogP contribution in [0.3, 0.4) is 0 Å². The van der Waals surface area contributed by atoms with E-state index < -0.39 is 6.58 Å². The number of anilines is 3. The molecule has 7 rings (SSSR count). The first-order valence-corrected chi connectivity index (χ1v) is 17.5. The van der Waals surface area contributed by atoms with Crippen molar-refractivity contribution in [2.24, 2.45) is 0 Å². The maximum atomic E-state index is 12.4. The van der Waals surface area contributed by atoms with Crippen LogP contribution in [0.15, 0.2) is 109 Å². The molecule has 0 fully saturated rings. The van der Waals surface area contributed by atoms with Crippen LogP contribution in [-0.4, -0.2) is 0 Å².